The lowest BCUT2D eigenvalue weighted by Gasteiger charge is -1.96. The smallest absolute Gasteiger partial charge is 0.198 e. The van der Waals surface area contributed by atoms with Gasteiger partial charge in [-0.15, -0.1) is 0 Å². The molecule has 0 aliphatic rings. The molecule has 0 unspecified atom stereocenters. The Labute approximate surface area is 79.3 Å². The minimum absolute atomic E-state index is 0.711. The molecule has 4 nitrogen and oxygen atoms in total. The summed E-state index contributed by atoms with van der Waals surface area (Å²) in [4.78, 5) is 4.23. The Morgan fingerprint density at radius 2 is 2.38 bits per heavy atom. The first-order valence-corrected chi connectivity index (χ1v) is 4.56. The molecule has 0 atom stereocenters. The van der Waals surface area contributed by atoms with Crippen molar-refractivity contribution in [1.82, 2.24) is 4.98 Å². The van der Waals surface area contributed by atoms with Crippen molar-refractivity contribution in [3.8, 4) is 5.75 Å². The number of nitrogen functional groups attached to an aromatic ring is 1. The van der Waals surface area contributed by atoms with Crippen LogP contribution in [0.2, 0.25) is 0 Å². The van der Waals surface area contributed by atoms with E-state index < -0.39 is 0 Å². The quantitative estimate of drug-likeness (QED) is 0.564. The highest BCUT2D eigenvalue weighted by atomic mass is 32.1. The van der Waals surface area contributed by atoms with Crippen molar-refractivity contribution in [3.05, 3.63) is 18.2 Å². The number of fused-ring (bicyclic) bond motifs is 1. The normalized spacial score (nSPS) is 10.3. The number of nitrogens with two attached hydrogens (primary N) is 1. The third kappa shape index (κ3) is 1.43. The summed E-state index contributed by atoms with van der Waals surface area (Å²) in [6.45, 7) is 0. The zero-order chi connectivity index (χ0) is 9.26. The molecule has 0 bridgehead atoms. The van der Waals surface area contributed by atoms with Crippen molar-refractivity contribution in [3.63, 3.8) is 0 Å². The lowest BCUT2D eigenvalue weighted by molar-refractivity contribution is 0.415. The van der Waals surface area contributed by atoms with Gasteiger partial charge in [-0.1, -0.05) is 11.3 Å². The minimum atomic E-state index is 0.711. The van der Waals surface area contributed by atoms with E-state index >= 15 is 0 Å². The monoisotopic (exact) mass is 195 g/mol. The van der Waals surface area contributed by atoms with Crippen LogP contribution in [0, 0.1) is 0 Å². The van der Waals surface area contributed by atoms with Crippen molar-refractivity contribution in [2.45, 2.75) is 0 Å². The van der Waals surface area contributed by atoms with E-state index in [0.29, 0.717) is 5.13 Å². The number of nitrogens with one attached hydrogen (secondary N) is 1. The van der Waals surface area contributed by atoms with E-state index in [1.807, 2.05) is 18.2 Å². The predicted octanol–water partition coefficient (Wildman–Crippen LogP) is 1.59. The summed E-state index contributed by atoms with van der Waals surface area (Å²) in [5.74, 6) is 6.08. The Morgan fingerprint density at radius 1 is 1.54 bits per heavy atom. The summed E-state index contributed by atoms with van der Waals surface area (Å²) in [5.41, 5.74) is 3.45. The maximum absolute atomic E-state index is 5.25. The molecule has 1 aromatic carbocycles. The molecule has 68 valence electrons. The first-order valence-electron chi connectivity index (χ1n) is 3.74. The Balaban J connectivity index is 2.57. The van der Waals surface area contributed by atoms with Crippen LogP contribution in [0.1, 0.15) is 0 Å². The third-order valence-electron chi connectivity index (χ3n) is 1.72. The molecule has 5 heteroatoms. The number of rotatable bonds is 2. The van der Waals surface area contributed by atoms with Crippen LogP contribution in [0.4, 0.5) is 5.13 Å². The van der Waals surface area contributed by atoms with E-state index in [9.17, 15) is 0 Å². The second kappa shape index (κ2) is 3.20. The van der Waals surface area contributed by atoms with Gasteiger partial charge in [0.25, 0.3) is 0 Å². The number of methoxy groups -OCH3 is 1. The lowest BCUT2D eigenvalue weighted by atomic mass is 10.3. The summed E-state index contributed by atoms with van der Waals surface area (Å²) >= 11 is 1.50. The van der Waals surface area contributed by atoms with Crippen LogP contribution < -0.4 is 16.0 Å². The van der Waals surface area contributed by atoms with Crippen molar-refractivity contribution < 1.29 is 4.74 Å². The van der Waals surface area contributed by atoms with Crippen LogP contribution in [0.5, 0.6) is 5.75 Å². The van der Waals surface area contributed by atoms with Crippen LogP contribution in [0.25, 0.3) is 10.2 Å². The standard InChI is InChI=1S/C8H9N3OS/c1-12-5-2-3-6-7(4-5)13-8(10-6)11-9/h2-4H,9H2,1H3,(H,10,11). The van der Waals surface area contributed by atoms with E-state index in [1.54, 1.807) is 7.11 Å². The van der Waals surface area contributed by atoms with Crippen LogP contribution in [0.15, 0.2) is 18.2 Å². The van der Waals surface area contributed by atoms with Crippen molar-refractivity contribution >= 4 is 26.7 Å². The molecule has 13 heavy (non-hydrogen) atoms. The van der Waals surface area contributed by atoms with Crippen LogP contribution in [-0.4, -0.2) is 12.1 Å². The van der Waals surface area contributed by atoms with E-state index in [-0.39, 0.29) is 0 Å². The number of aromatic nitrogens is 1. The highest BCUT2D eigenvalue weighted by Crippen LogP contribution is 2.28. The Bertz CT molecular complexity index is 424. The number of benzene rings is 1. The fourth-order valence-corrected chi connectivity index (χ4v) is 1.90. The molecule has 0 saturated carbocycles. The summed E-state index contributed by atoms with van der Waals surface area (Å²) in [5, 5.41) is 0.711. The molecule has 0 fully saturated rings. The molecule has 2 rings (SSSR count). The summed E-state index contributed by atoms with van der Waals surface area (Å²) in [6.07, 6.45) is 0. The highest BCUT2D eigenvalue weighted by Gasteiger charge is 2.02. The maximum Gasteiger partial charge on any atom is 0.198 e. The molecule has 0 aliphatic carbocycles. The fourth-order valence-electron chi connectivity index (χ4n) is 1.09. The van der Waals surface area contributed by atoms with Gasteiger partial charge in [-0.2, -0.15) is 0 Å². The van der Waals surface area contributed by atoms with Crippen LogP contribution in [-0.2, 0) is 0 Å². The molecular formula is C8H9N3OS. The minimum Gasteiger partial charge on any atom is -0.497 e. The molecule has 0 saturated heterocycles. The van der Waals surface area contributed by atoms with Gasteiger partial charge in [0.15, 0.2) is 5.13 Å². The van der Waals surface area contributed by atoms with Crippen molar-refractivity contribution in [2.75, 3.05) is 12.5 Å². The first kappa shape index (κ1) is 8.28. The molecule has 0 radical (unpaired) electrons. The zero-order valence-electron chi connectivity index (χ0n) is 7.07. The average Bonchev–Trinajstić information content (AvgIpc) is 2.58. The first-order chi connectivity index (χ1) is 6.33. The van der Waals surface area contributed by atoms with E-state index in [0.717, 1.165) is 16.0 Å². The summed E-state index contributed by atoms with van der Waals surface area (Å²) < 4.78 is 6.15. The highest BCUT2D eigenvalue weighted by molar-refractivity contribution is 7.22. The number of hydrazine groups is 1. The van der Waals surface area contributed by atoms with Gasteiger partial charge in [0.05, 0.1) is 17.3 Å². The van der Waals surface area contributed by atoms with Gasteiger partial charge in [-0.25, -0.2) is 10.8 Å². The number of ether oxygens (including phenoxy) is 1. The van der Waals surface area contributed by atoms with E-state index in [2.05, 4.69) is 10.4 Å². The number of hydrogen-bond acceptors (Lipinski definition) is 5. The molecule has 3 N–H and O–H groups in total. The fraction of sp³-hybridized carbons (Fsp3) is 0.125. The molecule has 0 amide bonds. The lowest BCUT2D eigenvalue weighted by Crippen LogP contribution is -2.05. The SMILES string of the molecule is COc1ccc2nc(NN)sc2c1. The molecule has 0 aliphatic heterocycles. The van der Waals surface area contributed by atoms with Crippen molar-refractivity contribution in [1.29, 1.82) is 0 Å². The number of hydrogen-bond donors (Lipinski definition) is 2. The Hall–Kier alpha value is -1.33. The predicted molar refractivity (Wildman–Crippen MR) is 54.0 cm³/mol. The van der Waals surface area contributed by atoms with Gasteiger partial charge in [-0.3, -0.25) is 5.43 Å². The summed E-state index contributed by atoms with van der Waals surface area (Å²) in [7, 11) is 1.64. The largest absolute Gasteiger partial charge is 0.497 e. The molecule has 1 heterocycles. The number of thiazole rings is 1. The average molecular weight is 195 g/mol. The Morgan fingerprint density at radius 3 is 3.08 bits per heavy atom. The van der Waals surface area contributed by atoms with Gasteiger partial charge in [0, 0.05) is 0 Å². The summed E-state index contributed by atoms with van der Waals surface area (Å²) in [6, 6.07) is 5.72. The maximum atomic E-state index is 5.25. The second-order valence-electron chi connectivity index (χ2n) is 2.50. The number of nitrogens with zero attached hydrogens (tertiary/aromatic N) is 1. The molecule has 1 aromatic heterocycles. The van der Waals surface area contributed by atoms with Crippen LogP contribution >= 0.6 is 11.3 Å². The zero-order valence-corrected chi connectivity index (χ0v) is 7.89. The topological polar surface area (TPSA) is 60.2 Å². The van der Waals surface area contributed by atoms with Crippen LogP contribution in [0.3, 0.4) is 0 Å². The van der Waals surface area contributed by atoms with Gasteiger partial charge in [-0.05, 0) is 18.2 Å². The third-order valence-corrected chi connectivity index (χ3v) is 2.67. The van der Waals surface area contributed by atoms with Gasteiger partial charge < -0.3 is 4.74 Å². The molecular weight excluding hydrogens is 186 g/mol. The van der Waals surface area contributed by atoms with E-state index in [1.165, 1.54) is 11.3 Å². The van der Waals surface area contributed by atoms with E-state index in [4.69, 9.17) is 10.6 Å². The molecule has 0 spiro atoms. The van der Waals surface area contributed by atoms with Gasteiger partial charge in [0.1, 0.15) is 5.75 Å². The molecule has 2 aromatic rings. The van der Waals surface area contributed by atoms with Crippen molar-refractivity contribution in [2.24, 2.45) is 5.84 Å². The van der Waals surface area contributed by atoms with Gasteiger partial charge >= 0.3 is 0 Å². The Kier molecular flexibility index (Phi) is 2.03. The number of anilines is 1. The van der Waals surface area contributed by atoms with Gasteiger partial charge in [0.2, 0.25) is 0 Å². The second-order valence-corrected chi connectivity index (χ2v) is 3.53.